The zero-order valence-corrected chi connectivity index (χ0v) is 12.3. The Labute approximate surface area is 120 Å². The molecule has 1 atom stereocenters. The van der Waals surface area contributed by atoms with Crippen molar-refractivity contribution in [3.05, 3.63) is 35.1 Å². The van der Waals surface area contributed by atoms with Gasteiger partial charge < -0.3 is 4.90 Å². The van der Waals surface area contributed by atoms with Crippen LogP contribution in [-0.2, 0) is 6.54 Å². The molecule has 0 N–H and O–H groups in total. The van der Waals surface area contributed by atoms with Crippen molar-refractivity contribution >= 4 is 0 Å². The van der Waals surface area contributed by atoms with Crippen molar-refractivity contribution in [1.29, 1.82) is 5.26 Å². The first-order valence-corrected chi connectivity index (χ1v) is 7.25. The predicted octanol–water partition coefficient (Wildman–Crippen LogP) is 2.61. The normalized spacial score (nSPS) is 19.4. The van der Waals surface area contributed by atoms with Gasteiger partial charge in [-0.25, -0.2) is 4.39 Å². The first-order valence-electron chi connectivity index (χ1n) is 7.25. The van der Waals surface area contributed by atoms with Gasteiger partial charge in [-0.15, -0.1) is 0 Å². The van der Waals surface area contributed by atoms with Crippen LogP contribution >= 0.6 is 0 Å². The van der Waals surface area contributed by atoms with Crippen molar-refractivity contribution in [2.75, 3.05) is 26.7 Å². The van der Waals surface area contributed by atoms with Gasteiger partial charge in [0.1, 0.15) is 5.82 Å². The van der Waals surface area contributed by atoms with Crippen LogP contribution in [0.5, 0.6) is 0 Å². The van der Waals surface area contributed by atoms with Gasteiger partial charge in [0, 0.05) is 24.7 Å². The van der Waals surface area contributed by atoms with Crippen molar-refractivity contribution in [3.8, 4) is 6.07 Å². The first kappa shape index (κ1) is 15.0. The lowest BCUT2D eigenvalue weighted by Crippen LogP contribution is -2.38. The third-order valence-corrected chi connectivity index (χ3v) is 4.04. The number of nitriles is 1. The minimum atomic E-state index is -0.227. The van der Waals surface area contributed by atoms with Gasteiger partial charge in [-0.1, -0.05) is 6.92 Å². The molecule has 0 spiro atoms. The van der Waals surface area contributed by atoms with Gasteiger partial charge in [0.25, 0.3) is 0 Å². The number of likely N-dealkylation sites (tertiary alicyclic amines) is 1. The molecule has 20 heavy (non-hydrogen) atoms. The van der Waals surface area contributed by atoms with E-state index in [0.29, 0.717) is 23.7 Å². The number of halogens is 1. The van der Waals surface area contributed by atoms with E-state index in [1.54, 1.807) is 6.07 Å². The van der Waals surface area contributed by atoms with Gasteiger partial charge in [-0.3, -0.25) is 4.90 Å². The Hall–Kier alpha value is -1.44. The van der Waals surface area contributed by atoms with E-state index in [2.05, 4.69) is 22.8 Å². The largest absolute Gasteiger partial charge is 0.300 e. The lowest BCUT2D eigenvalue weighted by molar-refractivity contribution is 0.193. The van der Waals surface area contributed by atoms with E-state index in [1.165, 1.54) is 31.5 Å². The van der Waals surface area contributed by atoms with Gasteiger partial charge in [-0.2, -0.15) is 5.26 Å². The molecule has 0 bridgehead atoms. The second-order valence-electron chi connectivity index (χ2n) is 5.54. The van der Waals surface area contributed by atoms with Crippen molar-refractivity contribution in [2.45, 2.75) is 32.4 Å². The van der Waals surface area contributed by atoms with Crippen molar-refractivity contribution in [1.82, 2.24) is 9.80 Å². The predicted molar refractivity (Wildman–Crippen MR) is 77.7 cm³/mol. The third kappa shape index (κ3) is 3.56. The van der Waals surface area contributed by atoms with E-state index < -0.39 is 0 Å². The van der Waals surface area contributed by atoms with Crippen LogP contribution < -0.4 is 0 Å². The lowest BCUT2D eigenvalue weighted by Gasteiger charge is -2.27. The molecule has 3 nitrogen and oxygen atoms in total. The topological polar surface area (TPSA) is 30.3 Å². The molecule has 0 saturated carbocycles. The SMILES string of the molecule is CCN1CCCC1CN(C)Cc1cc(C#N)ccc1F. The number of nitrogens with zero attached hydrogens (tertiary/aromatic N) is 3. The second kappa shape index (κ2) is 6.83. The molecule has 0 radical (unpaired) electrons. The maximum Gasteiger partial charge on any atom is 0.127 e. The Morgan fingerprint density at radius 1 is 1.50 bits per heavy atom. The summed E-state index contributed by atoms with van der Waals surface area (Å²) in [4.78, 5) is 4.64. The molecule has 1 fully saturated rings. The van der Waals surface area contributed by atoms with Crippen LogP contribution in [0, 0.1) is 17.1 Å². The molecule has 0 amide bonds. The highest BCUT2D eigenvalue weighted by Gasteiger charge is 2.24. The minimum absolute atomic E-state index is 0.227. The Morgan fingerprint density at radius 3 is 3.00 bits per heavy atom. The summed E-state index contributed by atoms with van der Waals surface area (Å²) in [5.74, 6) is -0.227. The standard InChI is InChI=1S/C16H22FN3/c1-3-20-8-4-5-15(20)12-19(2)11-14-9-13(10-18)6-7-16(14)17/h6-7,9,15H,3-5,8,11-12H2,1-2H3. The molecule has 1 aliphatic rings. The van der Waals surface area contributed by atoms with Gasteiger partial charge in [0.05, 0.1) is 11.6 Å². The second-order valence-corrected chi connectivity index (χ2v) is 5.54. The summed E-state index contributed by atoms with van der Waals surface area (Å²) < 4.78 is 13.8. The molecule has 4 heteroatoms. The van der Waals surface area contributed by atoms with Crippen LogP contribution in [-0.4, -0.2) is 42.5 Å². The van der Waals surface area contributed by atoms with Crippen LogP contribution in [0.2, 0.25) is 0 Å². The summed E-state index contributed by atoms with van der Waals surface area (Å²) in [5.41, 5.74) is 1.12. The molecule has 1 aromatic rings. The third-order valence-electron chi connectivity index (χ3n) is 4.04. The Bertz CT molecular complexity index is 495. The molecule has 0 aliphatic carbocycles. The van der Waals surface area contributed by atoms with E-state index in [9.17, 15) is 4.39 Å². The summed E-state index contributed by atoms with van der Waals surface area (Å²) in [6.45, 7) is 5.94. The Balaban J connectivity index is 1.97. The summed E-state index contributed by atoms with van der Waals surface area (Å²) in [5, 5.41) is 8.89. The summed E-state index contributed by atoms with van der Waals surface area (Å²) in [6, 6.07) is 7.20. The van der Waals surface area contributed by atoms with Crippen LogP contribution in [0.25, 0.3) is 0 Å². The van der Waals surface area contributed by atoms with Crippen LogP contribution in [0.15, 0.2) is 18.2 Å². The highest BCUT2D eigenvalue weighted by molar-refractivity contribution is 5.33. The molecule has 108 valence electrons. The zero-order valence-electron chi connectivity index (χ0n) is 12.3. The van der Waals surface area contributed by atoms with E-state index in [1.807, 2.05) is 7.05 Å². The Morgan fingerprint density at radius 2 is 2.30 bits per heavy atom. The van der Waals surface area contributed by atoms with E-state index in [0.717, 1.165) is 13.1 Å². The monoisotopic (exact) mass is 275 g/mol. The number of rotatable bonds is 5. The van der Waals surface area contributed by atoms with E-state index in [4.69, 9.17) is 5.26 Å². The summed E-state index contributed by atoms with van der Waals surface area (Å²) in [6.07, 6.45) is 2.48. The highest BCUT2D eigenvalue weighted by Crippen LogP contribution is 2.19. The van der Waals surface area contributed by atoms with E-state index >= 15 is 0 Å². The van der Waals surface area contributed by atoms with Crippen LogP contribution in [0.1, 0.15) is 30.9 Å². The number of benzene rings is 1. The molecule has 1 heterocycles. The average molecular weight is 275 g/mol. The molecule has 1 aliphatic heterocycles. The molecule has 1 saturated heterocycles. The van der Waals surface area contributed by atoms with E-state index in [-0.39, 0.29) is 5.82 Å². The van der Waals surface area contributed by atoms with Crippen LogP contribution in [0.4, 0.5) is 4.39 Å². The van der Waals surface area contributed by atoms with Crippen molar-refractivity contribution in [2.24, 2.45) is 0 Å². The van der Waals surface area contributed by atoms with Gasteiger partial charge in [-0.05, 0) is 51.2 Å². The number of hydrogen-bond donors (Lipinski definition) is 0. The fourth-order valence-electron chi connectivity index (χ4n) is 3.00. The molecule has 1 unspecified atom stereocenters. The fourth-order valence-corrected chi connectivity index (χ4v) is 3.00. The van der Waals surface area contributed by atoms with Crippen molar-refractivity contribution in [3.63, 3.8) is 0 Å². The summed E-state index contributed by atoms with van der Waals surface area (Å²) >= 11 is 0. The highest BCUT2D eigenvalue weighted by atomic mass is 19.1. The van der Waals surface area contributed by atoms with Crippen molar-refractivity contribution < 1.29 is 4.39 Å². The molecular formula is C16H22FN3. The Kier molecular flexibility index (Phi) is 5.11. The number of hydrogen-bond acceptors (Lipinski definition) is 3. The molecule has 1 aromatic carbocycles. The number of likely N-dealkylation sites (N-methyl/N-ethyl adjacent to an activating group) is 2. The smallest absolute Gasteiger partial charge is 0.127 e. The summed E-state index contributed by atoms with van der Waals surface area (Å²) in [7, 11) is 2.02. The zero-order chi connectivity index (χ0) is 14.5. The molecule has 0 aromatic heterocycles. The maximum atomic E-state index is 13.8. The molecular weight excluding hydrogens is 253 g/mol. The lowest BCUT2D eigenvalue weighted by atomic mass is 10.1. The maximum absolute atomic E-state index is 13.8. The minimum Gasteiger partial charge on any atom is -0.300 e. The van der Waals surface area contributed by atoms with Gasteiger partial charge >= 0.3 is 0 Å². The van der Waals surface area contributed by atoms with Crippen LogP contribution in [0.3, 0.4) is 0 Å². The fraction of sp³-hybridized carbons (Fsp3) is 0.562. The van der Waals surface area contributed by atoms with Gasteiger partial charge in [0.2, 0.25) is 0 Å². The van der Waals surface area contributed by atoms with Gasteiger partial charge in [0.15, 0.2) is 0 Å². The average Bonchev–Trinajstić information content (AvgIpc) is 2.88. The first-order chi connectivity index (χ1) is 9.63. The quantitative estimate of drug-likeness (QED) is 0.827. The molecule has 2 rings (SSSR count).